The Balaban J connectivity index is 6.70. The maximum Gasteiger partial charge on any atom is 0.462 e. The lowest BCUT2D eigenvalue weighted by molar-refractivity contribution is -0.548. The number of carbonyl (C=O) groups excluding carboxylic acids is 1. The molecule has 4 nitrogen and oxygen atoms in total. The predicted molar refractivity (Wildman–Crippen MR) is 64.0 cm³/mol. The standard InChI is InChI=1S/C12H5F17O4/c1-2-3-31-4(30)5(13,8(17,18)19)32-12(28,29)7(16,10(23,24)25)33-11(26,27)6(14,15)9(20,21)22/h2H,1,3H2/t5-,7+/m1/s1. The van der Waals surface area contributed by atoms with Gasteiger partial charge in [0.05, 0.1) is 0 Å². The van der Waals surface area contributed by atoms with Gasteiger partial charge in [0, 0.05) is 0 Å². The Kier molecular flexibility index (Phi) is 8.08. The molecule has 0 N–H and O–H groups in total. The minimum atomic E-state index is -8.06. The fourth-order valence-corrected chi connectivity index (χ4v) is 1.37. The number of hydrogen-bond acceptors (Lipinski definition) is 4. The van der Waals surface area contributed by atoms with Crippen molar-refractivity contribution in [2.45, 2.75) is 48.4 Å². The summed E-state index contributed by atoms with van der Waals surface area (Å²) < 4.78 is 224. The summed E-state index contributed by atoms with van der Waals surface area (Å²) in [4.78, 5) is 11.0. The van der Waals surface area contributed by atoms with Gasteiger partial charge in [0.1, 0.15) is 6.61 Å². The topological polar surface area (TPSA) is 44.8 Å². The van der Waals surface area contributed by atoms with E-state index in [1.165, 1.54) is 4.74 Å². The fourth-order valence-electron chi connectivity index (χ4n) is 1.37. The molecule has 33 heavy (non-hydrogen) atoms. The van der Waals surface area contributed by atoms with Gasteiger partial charge in [-0.25, -0.2) is 4.79 Å². The molecule has 0 unspecified atom stereocenters. The first-order valence-electron chi connectivity index (χ1n) is 7.04. The van der Waals surface area contributed by atoms with Crippen LogP contribution in [0.1, 0.15) is 0 Å². The molecule has 0 radical (unpaired) electrons. The summed E-state index contributed by atoms with van der Waals surface area (Å²) in [7, 11) is 0. The third kappa shape index (κ3) is 5.54. The Morgan fingerprint density at radius 2 is 1.06 bits per heavy atom. The molecule has 0 saturated heterocycles. The van der Waals surface area contributed by atoms with Gasteiger partial charge in [0.15, 0.2) is 0 Å². The second-order valence-electron chi connectivity index (χ2n) is 5.38. The quantitative estimate of drug-likeness (QED) is 0.219. The molecule has 0 fully saturated rings. The molecule has 0 aliphatic rings. The third-order valence-electron chi connectivity index (χ3n) is 2.96. The normalized spacial score (nSPS) is 18.3. The maximum absolute atomic E-state index is 13.8. The van der Waals surface area contributed by atoms with Gasteiger partial charge in [-0.2, -0.15) is 74.6 Å². The van der Waals surface area contributed by atoms with Crippen molar-refractivity contribution >= 4 is 5.97 Å². The molecule has 0 aromatic heterocycles. The van der Waals surface area contributed by atoms with Crippen LogP contribution in [0.5, 0.6) is 0 Å². The smallest absolute Gasteiger partial charge is 0.457 e. The predicted octanol–water partition coefficient (Wildman–Crippen LogP) is 5.59. The van der Waals surface area contributed by atoms with Crippen LogP contribution in [0.2, 0.25) is 0 Å². The molecule has 196 valence electrons. The van der Waals surface area contributed by atoms with Crippen molar-refractivity contribution in [1.82, 2.24) is 0 Å². The SMILES string of the molecule is C=CCOC(=O)[C@@](F)(OC(F)(F)[C@@](F)(OC(F)(F)C(F)(F)C(F)(F)F)C(F)(F)F)C(F)(F)F. The Hall–Kier alpha value is -2.06. The van der Waals surface area contributed by atoms with E-state index >= 15 is 0 Å². The van der Waals surface area contributed by atoms with E-state index in [2.05, 4.69) is 11.3 Å². The lowest BCUT2D eigenvalue weighted by Crippen LogP contribution is -2.68. The largest absolute Gasteiger partial charge is 0.462 e. The Morgan fingerprint density at radius 1 is 0.636 bits per heavy atom. The van der Waals surface area contributed by atoms with Crippen molar-refractivity contribution in [3.63, 3.8) is 0 Å². The first kappa shape index (κ1) is 30.9. The first-order chi connectivity index (χ1) is 14.1. The highest BCUT2D eigenvalue weighted by Crippen LogP contribution is 2.56. The molecule has 0 amide bonds. The maximum atomic E-state index is 13.8. The molecule has 0 spiro atoms. The van der Waals surface area contributed by atoms with Crippen LogP contribution in [0, 0.1) is 0 Å². The van der Waals surface area contributed by atoms with Gasteiger partial charge >= 0.3 is 54.3 Å². The van der Waals surface area contributed by atoms with Crippen molar-refractivity contribution in [1.29, 1.82) is 0 Å². The highest BCUT2D eigenvalue weighted by molar-refractivity contribution is 5.79. The van der Waals surface area contributed by atoms with E-state index in [0.29, 0.717) is 6.08 Å². The van der Waals surface area contributed by atoms with E-state index in [4.69, 9.17) is 0 Å². The second-order valence-corrected chi connectivity index (χ2v) is 5.38. The first-order valence-corrected chi connectivity index (χ1v) is 7.04. The molecule has 0 aromatic rings. The highest BCUT2D eigenvalue weighted by Gasteiger charge is 2.85. The molecule has 21 heteroatoms. The van der Waals surface area contributed by atoms with Gasteiger partial charge in [-0.15, -0.1) is 0 Å². The molecular weight excluding hydrogens is 531 g/mol. The monoisotopic (exact) mass is 536 g/mol. The lowest BCUT2D eigenvalue weighted by atomic mass is 10.2. The molecular formula is C12H5F17O4. The molecule has 2 atom stereocenters. The zero-order chi connectivity index (χ0) is 27.1. The van der Waals surface area contributed by atoms with Gasteiger partial charge in [0.2, 0.25) is 0 Å². The number of esters is 1. The second kappa shape index (κ2) is 8.62. The van der Waals surface area contributed by atoms with Crippen LogP contribution in [0.25, 0.3) is 0 Å². The minimum Gasteiger partial charge on any atom is -0.457 e. The minimum absolute atomic E-state index is 0.310. The van der Waals surface area contributed by atoms with Gasteiger partial charge in [-0.3, -0.25) is 9.47 Å². The summed E-state index contributed by atoms with van der Waals surface area (Å²) in [6.07, 6.45) is -38.3. The number of halogens is 17. The summed E-state index contributed by atoms with van der Waals surface area (Å²) in [6, 6.07) is 0. The Morgan fingerprint density at radius 3 is 1.36 bits per heavy atom. The molecule has 0 aromatic carbocycles. The van der Waals surface area contributed by atoms with E-state index in [9.17, 15) is 79.4 Å². The number of rotatable bonds is 9. The molecule has 0 rings (SSSR count). The van der Waals surface area contributed by atoms with Crippen molar-refractivity contribution in [3.8, 4) is 0 Å². The summed E-state index contributed by atoms with van der Waals surface area (Å²) in [6.45, 7) is 1.16. The average molecular weight is 536 g/mol. The zero-order valence-electron chi connectivity index (χ0n) is 14.5. The van der Waals surface area contributed by atoms with E-state index in [1.807, 2.05) is 0 Å². The number of carbonyl (C=O) groups is 1. The van der Waals surface area contributed by atoms with Gasteiger partial charge in [0.25, 0.3) is 0 Å². The molecule has 0 bridgehead atoms. The van der Waals surface area contributed by atoms with Crippen molar-refractivity contribution in [2.24, 2.45) is 0 Å². The summed E-state index contributed by atoms with van der Waals surface area (Å²) in [5.74, 6) is -26.5. The van der Waals surface area contributed by atoms with Crippen LogP contribution in [-0.2, 0) is 19.0 Å². The van der Waals surface area contributed by atoms with E-state index in [-0.39, 0.29) is 0 Å². The molecule has 0 aliphatic carbocycles. The average Bonchev–Trinajstić information content (AvgIpc) is 2.55. The van der Waals surface area contributed by atoms with E-state index < -0.39 is 61.0 Å². The number of ether oxygens (including phenoxy) is 3. The Bertz CT molecular complexity index is 723. The van der Waals surface area contributed by atoms with Crippen molar-refractivity contribution < 1.29 is 93.6 Å². The van der Waals surface area contributed by atoms with Crippen molar-refractivity contribution in [2.75, 3.05) is 6.61 Å². The Labute approximate surface area is 168 Å². The molecule has 0 saturated carbocycles. The van der Waals surface area contributed by atoms with Gasteiger partial charge < -0.3 is 4.74 Å². The van der Waals surface area contributed by atoms with Crippen LogP contribution in [0.4, 0.5) is 74.6 Å². The fraction of sp³-hybridized carbons (Fsp3) is 0.750. The lowest BCUT2D eigenvalue weighted by Gasteiger charge is -2.39. The van der Waals surface area contributed by atoms with Crippen LogP contribution in [-0.4, -0.2) is 61.0 Å². The summed E-state index contributed by atoms with van der Waals surface area (Å²) in [5.41, 5.74) is 0. The van der Waals surface area contributed by atoms with Crippen LogP contribution in [0.3, 0.4) is 0 Å². The van der Waals surface area contributed by atoms with Crippen LogP contribution < -0.4 is 0 Å². The van der Waals surface area contributed by atoms with Gasteiger partial charge in [-0.1, -0.05) is 12.7 Å². The third-order valence-corrected chi connectivity index (χ3v) is 2.96. The van der Waals surface area contributed by atoms with E-state index in [1.54, 1.807) is 4.74 Å². The summed E-state index contributed by atoms with van der Waals surface area (Å²) in [5, 5.41) is 0. The van der Waals surface area contributed by atoms with Crippen LogP contribution in [0.15, 0.2) is 12.7 Å². The summed E-state index contributed by atoms with van der Waals surface area (Å²) >= 11 is 0. The number of hydrogen-bond donors (Lipinski definition) is 0. The van der Waals surface area contributed by atoms with E-state index in [0.717, 1.165) is 0 Å². The molecule has 0 heterocycles. The van der Waals surface area contributed by atoms with Crippen LogP contribution >= 0.6 is 0 Å². The van der Waals surface area contributed by atoms with Crippen molar-refractivity contribution in [3.05, 3.63) is 12.7 Å². The van der Waals surface area contributed by atoms with Gasteiger partial charge in [-0.05, 0) is 0 Å². The number of alkyl halides is 17. The highest BCUT2D eigenvalue weighted by atomic mass is 19.4. The zero-order valence-corrected chi connectivity index (χ0v) is 14.5. The molecule has 0 aliphatic heterocycles.